The van der Waals surface area contributed by atoms with E-state index in [0.29, 0.717) is 19.1 Å². The Morgan fingerprint density at radius 3 is 2.67 bits per heavy atom. The van der Waals surface area contributed by atoms with E-state index in [4.69, 9.17) is 0 Å². The first-order valence-electron chi connectivity index (χ1n) is 8.58. The van der Waals surface area contributed by atoms with E-state index in [1.165, 1.54) is 12.1 Å². The molecule has 7 nitrogen and oxygen atoms in total. The van der Waals surface area contributed by atoms with Crippen LogP contribution >= 0.6 is 0 Å². The van der Waals surface area contributed by atoms with Crippen molar-refractivity contribution in [2.24, 2.45) is 5.92 Å². The van der Waals surface area contributed by atoms with Crippen LogP contribution in [0.5, 0.6) is 5.75 Å². The van der Waals surface area contributed by atoms with Crippen LogP contribution in [-0.4, -0.2) is 38.2 Å². The molecule has 0 bridgehead atoms. The second-order valence-corrected chi connectivity index (χ2v) is 8.47. The summed E-state index contributed by atoms with van der Waals surface area (Å²) in [6.45, 7) is -0.0742. The quantitative estimate of drug-likeness (QED) is 0.769. The zero-order chi connectivity index (χ0) is 19.2. The van der Waals surface area contributed by atoms with E-state index in [9.17, 15) is 23.1 Å². The number of carbonyl (C=O) groups excluding carboxylic acids is 2. The molecule has 2 aromatic rings. The number of phenols is 1. The van der Waals surface area contributed by atoms with Gasteiger partial charge in [-0.15, -0.1) is 0 Å². The van der Waals surface area contributed by atoms with Crippen LogP contribution in [0.2, 0.25) is 0 Å². The van der Waals surface area contributed by atoms with Gasteiger partial charge >= 0.3 is 10.2 Å². The lowest BCUT2D eigenvalue weighted by Gasteiger charge is -2.18. The molecule has 2 aliphatic rings. The Kier molecular flexibility index (Phi) is 4.24. The fraction of sp³-hybridized carbons (Fsp3) is 0.263. The number of hydrogen-bond donors (Lipinski definition) is 2. The smallest absolute Gasteiger partial charge is 0.302 e. The molecule has 2 atom stereocenters. The summed E-state index contributed by atoms with van der Waals surface area (Å²) in [6, 6.07) is 11.4. The van der Waals surface area contributed by atoms with Gasteiger partial charge in [-0.1, -0.05) is 30.3 Å². The topological polar surface area (TPSA) is 104 Å². The van der Waals surface area contributed by atoms with Gasteiger partial charge in [0, 0.05) is 11.5 Å². The van der Waals surface area contributed by atoms with Gasteiger partial charge in [0.15, 0.2) is 5.78 Å². The Hall–Kier alpha value is -2.71. The second kappa shape index (κ2) is 6.47. The fourth-order valence-corrected chi connectivity index (χ4v) is 5.15. The molecule has 0 spiro atoms. The van der Waals surface area contributed by atoms with Gasteiger partial charge in [0.25, 0.3) is 0 Å². The maximum atomic E-state index is 12.5. The minimum atomic E-state index is -3.87. The van der Waals surface area contributed by atoms with Crippen molar-refractivity contribution in [3.63, 3.8) is 0 Å². The van der Waals surface area contributed by atoms with Crippen molar-refractivity contribution in [2.75, 3.05) is 10.8 Å². The summed E-state index contributed by atoms with van der Waals surface area (Å²) in [5, 5.41) is 10.3. The molecule has 0 radical (unpaired) electrons. The van der Waals surface area contributed by atoms with Gasteiger partial charge in [0.1, 0.15) is 12.0 Å². The number of aromatic hydroxyl groups is 1. The molecular weight excluding hydrogens is 368 g/mol. The summed E-state index contributed by atoms with van der Waals surface area (Å²) in [5.74, 6) is -0.300. The molecule has 0 saturated carbocycles. The van der Waals surface area contributed by atoms with E-state index in [-0.39, 0.29) is 29.7 Å². The molecule has 2 N–H and O–H groups in total. The molecule has 1 fully saturated rings. The van der Waals surface area contributed by atoms with Crippen LogP contribution in [0.4, 0.5) is 5.69 Å². The Bertz CT molecular complexity index is 1030. The van der Waals surface area contributed by atoms with Crippen LogP contribution in [0.25, 0.3) is 0 Å². The molecule has 4 rings (SSSR count). The zero-order valence-electron chi connectivity index (χ0n) is 14.3. The SMILES string of the molecule is O=CC1CN(c2ccc(CC3Cc4ccccc4C3=O)cc2O)S(=O)(=O)N1. The molecule has 1 aliphatic heterocycles. The van der Waals surface area contributed by atoms with Crippen LogP contribution in [0, 0.1) is 5.92 Å². The number of fused-ring (bicyclic) bond motifs is 1. The summed E-state index contributed by atoms with van der Waals surface area (Å²) in [4.78, 5) is 23.4. The third-order valence-electron chi connectivity index (χ3n) is 5.03. The standard InChI is InChI=1S/C19H18N2O5S/c22-11-15-10-21(27(25,26)20-15)17-6-5-12(8-18(17)23)7-14-9-13-3-1-2-4-16(13)19(14)24/h1-6,8,11,14-15,20,23H,7,9-10H2. The van der Waals surface area contributed by atoms with E-state index in [1.807, 2.05) is 24.3 Å². The molecule has 8 heteroatoms. The molecule has 1 saturated heterocycles. The number of ketones is 1. The largest absolute Gasteiger partial charge is 0.506 e. The monoisotopic (exact) mass is 386 g/mol. The maximum Gasteiger partial charge on any atom is 0.302 e. The van der Waals surface area contributed by atoms with Gasteiger partial charge in [-0.05, 0) is 36.1 Å². The highest BCUT2D eigenvalue weighted by molar-refractivity contribution is 7.91. The van der Waals surface area contributed by atoms with Gasteiger partial charge in [-0.2, -0.15) is 13.1 Å². The van der Waals surface area contributed by atoms with Crippen LogP contribution in [0.15, 0.2) is 42.5 Å². The third-order valence-corrected chi connectivity index (χ3v) is 6.55. The number of nitrogens with zero attached hydrogens (tertiary/aromatic N) is 1. The predicted molar refractivity (Wildman–Crippen MR) is 99.0 cm³/mol. The molecular formula is C19H18N2O5S. The summed E-state index contributed by atoms with van der Waals surface area (Å²) in [7, 11) is -3.87. The van der Waals surface area contributed by atoms with Gasteiger partial charge in [-0.25, -0.2) is 0 Å². The van der Waals surface area contributed by atoms with E-state index in [0.717, 1.165) is 21.0 Å². The van der Waals surface area contributed by atoms with Crippen LogP contribution < -0.4 is 9.03 Å². The normalized spacial score (nSPS) is 23.4. The number of phenolic OH excluding ortho intramolecular Hbond substituents is 1. The summed E-state index contributed by atoms with van der Waals surface area (Å²) in [5.41, 5.74) is 2.63. The lowest BCUT2D eigenvalue weighted by Crippen LogP contribution is -2.30. The van der Waals surface area contributed by atoms with E-state index < -0.39 is 16.3 Å². The number of aldehydes is 1. The number of anilines is 1. The molecule has 2 aromatic carbocycles. The van der Waals surface area contributed by atoms with Crippen molar-refractivity contribution in [1.82, 2.24) is 4.72 Å². The first kappa shape index (κ1) is 17.7. The summed E-state index contributed by atoms with van der Waals surface area (Å²) < 4.78 is 27.4. The lowest BCUT2D eigenvalue weighted by atomic mass is 9.95. The number of carbonyl (C=O) groups is 2. The van der Waals surface area contributed by atoms with E-state index in [2.05, 4.69) is 4.72 Å². The molecule has 1 heterocycles. The number of benzene rings is 2. The van der Waals surface area contributed by atoms with E-state index in [1.54, 1.807) is 6.07 Å². The van der Waals surface area contributed by atoms with Gasteiger partial charge in [0.05, 0.1) is 18.3 Å². The highest BCUT2D eigenvalue weighted by Crippen LogP contribution is 2.34. The average Bonchev–Trinajstić information content (AvgIpc) is 3.12. The highest BCUT2D eigenvalue weighted by Gasteiger charge is 2.37. The van der Waals surface area contributed by atoms with Crippen molar-refractivity contribution >= 4 is 28.0 Å². The molecule has 27 heavy (non-hydrogen) atoms. The third kappa shape index (κ3) is 3.11. The van der Waals surface area contributed by atoms with Crippen LogP contribution in [0.1, 0.15) is 21.5 Å². The second-order valence-electron chi connectivity index (χ2n) is 6.85. The molecule has 1 aliphatic carbocycles. The minimum Gasteiger partial charge on any atom is -0.506 e. The summed E-state index contributed by atoms with van der Waals surface area (Å²) in [6.07, 6.45) is 1.64. The van der Waals surface area contributed by atoms with Crippen LogP contribution in [-0.2, 0) is 27.8 Å². The number of nitrogens with one attached hydrogen (secondary N) is 1. The number of Topliss-reactive ketones (excluding diaryl/α,β-unsaturated/α-hetero) is 1. The van der Waals surface area contributed by atoms with E-state index >= 15 is 0 Å². The Morgan fingerprint density at radius 1 is 1.22 bits per heavy atom. The minimum absolute atomic E-state index is 0.0742. The van der Waals surface area contributed by atoms with Crippen molar-refractivity contribution in [3.8, 4) is 5.75 Å². The maximum absolute atomic E-state index is 12.5. The lowest BCUT2D eigenvalue weighted by molar-refractivity contribution is -0.108. The van der Waals surface area contributed by atoms with Gasteiger partial charge < -0.3 is 9.90 Å². The average molecular weight is 386 g/mol. The molecule has 0 amide bonds. The highest BCUT2D eigenvalue weighted by atomic mass is 32.2. The van der Waals surface area contributed by atoms with Crippen molar-refractivity contribution in [2.45, 2.75) is 18.9 Å². The summed E-state index contributed by atoms with van der Waals surface area (Å²) >= 11 is 0. The number of rotatable bonds is 4. The van der Waals surface area contributed by atoms with Crippen LogP contribution in [0.3, 0.4) is 0 Å². The Balaban J connectivity index is 1.55. The van der Waals surface area contributed by atoms with Crippen molar-refractivity contribution < 1.29 is 23.1 Å². The Labute approximate surface area is 156 Å². The fourth-order valence-electron chi connectivity index (χ4n) is 3.74. The molecule has 0 aromatic heterocycles. The zero-order valence-corrected chi connectivity index (χ0v) is 15.1. The Morgan fingerprint density at radius 2 is 2.00 bits per heavy atom. The molecule has 140 valence electrons. The predicted octanol–water partition coefficient (Wildman–Crippen LogP) is 1.21. The van der Waals surface area contributed by atoms with Crippen molar-refractivity contribution in [1.29, 1.82) is 0 Å². The first-order valence-corrected chi connectivity index (χ1v) is 10.0. The number of hydrogen-bond acceptors (Lipinski definition) is 5. The van der Waals surface area contributed by atoms with Gasteiger partial charge in [-0.3, -0.25) is 9.10 Å². The first-order chi connectivity index (χ1) is 12.9. The molecule has 2 unspecified atom stereocenters. The van der Waals surface area contributed by atoms with Gasteiger partial charge in [0.2, 0.25) is 0 Å². The van der Waals surface area contributed by atoms with Crippen molar-refractivity contribution in [3.05, 3.63) is 59.2 Å².